The lowest BCUT2D eigenvalue weighted by Crippen LogP contribution is -2.21. The van der Waals surface area contributed by atoms with Crippen LogP contribution in [0.4, 0.5) is 0 Å². The summed E-state index contributed by atoms with van der Waals surface area (Å²) in [6.45, 7) is 4.48. The van der Waals surface area contributed by atoms with Crippen LogP contribution in [-0.4, -0.2) is 23.3 Å². The summed E-state index contributed by atoms with van der Waals surface area (Å²) in [6, 6.07) is 0. The molecule has 1 fully saturated rings. The maximum absolute atomic E-state index is 4.76. The lowest BCUT2D eigenvalue weighted by Gasteiger charge is -2.24. The molecule has 0 radical (unpaired) electrons. The monoisotopic (exact) mass is 173 g/mol. The lowest BCUT2D eigenvalue weighted by atomic mass is 10.1. The fourth-order valence-electron chi connectivity index (χ4n) is 1.44. The molecule has 1 aliphatic rings. The van der Waals surface area contributed by atoms with Crippen LogP contribution in [0.25, 0.3) is 0 Å². The van der Waals surface area contributed by atoms with Gasteiger partial charge in [0.15, 0.2) is 0 Å². The molecule has 0 aromatic heterocycles. The SMILES string of the molecule is CON=C1CC(C)SC(C)C1. The minimum Gasteiger partial charge on any atom is -0.399 e. The maximum atomic E-state index is 4.76. The van der Waals surface area contributed by atoms with Crippen molar-refractivity contribution in [1.82, 2.24) is 0 Å². The van der Waals surface area contributed by atoms with Gasteiger partial charge in [0.25, 0.3) is 0 Å². The van der Waals surface area contributed by atoms with E-state index in [2.05, 4.69) is 19.0 Å². The van der Waals surface area contributed by atoms with Gasteiger partial charge in [0.05, 0.1) is 5.71 Å². The topological polar surface area (TPSA) is 21.6 Å². The van der Waals surface area contributed by atoms with Gasteiger partial charge in [-0.15, -0.1) is 0 Å². The molecule has 0 amide bonds. The highest BCUT2D eigenvalue weighted by Gasteiger charge is 2.20. The molecule has 11 heavy (non-hydrogen) atoms. The van der Waals surface area contributed by atoms with Crippen molar-refractivity contribution in [2.24, 2.45) is 5.16 Å². The summed E-state index contributed by atoms with van der Waals surface area (Å²) >= 11 is 2.03. The normalized spacial score (nSPS) is 31.7. The average Bonchev–Trinajstić information content (AvgIpc) is 1.85. The van der Waals surface area contributed by atoms with Crippen molar-refractivity contribution in [1.29, 1.82) is 0 Å². The fraction of sp³-hybridized carbons (Fsp3) is 0.875. The molecule has 1 heterocycles. The molecule has 2 nitrogen and oxygen atoms in total. The minimum absolute atomic E-state index is 0.702. The third kappa shape index (κ3) is 2.73. The molecular weight excluding hydrogens is 158 g/mol. The molecule has 1 aliphatic heterocycles. The fourth-order valence-corrected chi connectivity index (χ4v) is 2.81. The second-order valence-corrected chi connectivity index (χ2v) is 4.89. The predicted octanol–water partition coefficient (Wildman–Crippen LogP) is 2.29. The van der Waals surface area contributed by atoms with Crippen LogP contribution in [0.1, 0.15) is 26.7 Å². The predicted molar refractivity (Wildman–Crippen MR) is 50.2 cm³/mol. The van der Waals surface area contributed by atoms with Gasteiger partial charge < -0.3 is 4.84 Å². The van der Waals surface area contributed by atoms with Crippen molar-refractivity contribution in [2.75, 3.05) is 7.11 Å². The number of hydrogen-bond acceptors (Lipinski definition) is 3. The number of oxime groups is 1. The molecule has 0 bridgehead atoms. The highest BCUT2D eigenvalue weighted by Crippen LogP contribution is 2.29. The van der Waals surface area contributed by atoms with Crippen LogP contribution in [0.2, 0.25) is 0 Å². The van der Waals surface area contributed by atoms with E-state index < -0.39 is 0 Å². The number of hydrogen-bond donors (Lipinski definition) is 0. The van der Waals surface area contributed by atoms with E-state index in [0.29, 0.717) is 10.5 Å². The van der Waals surface area contributed by atoms with Crippen LogP contribution < -0.4 is 0 Å². The number of nitrogens with zero attached hydrogens (tertiary/aromatic N) is 1. The molecular formula is C8H15NOS. The Morgan fingerprint density at radius 1 is 1.36 bits per heavy atom. The summed E-state index contributed by atoms with van der Waals surface area (Å²) in [5.74, 6) is 0. The van der Waals surface area contributed by atoms with Gasteiger partial charge in [-0.05, 0) is 0 Å². The van der Waals surface area contributed by atoms with Crippen LogP contribution in [0.3, 0.4) is 0 Å². The molecule has 0 aliphatic carbocycles. The first-order chi connectivity index (χ1) is 5.22. The van der Waals surface area contributed by atoms with Crippen LogP contribution in [0.15, 0.2) is 5.16 Å². The summed E-state index contributed by atoms with van der Waals surface area (Å²) in [4.78, 5) is 4.76. The van der Waals surface area contributed by atoms with E-state index in [4.69, 9.17) is 4.84 Å². The molecule has 0 aromatic carbocycles. The Bertz CT molecular complexity index is 146. The van der Waals surface area contributed by atoms with Crippen molar-refractivity contribution >= 4 is 17.5 Å². The van der Waals surface area contributed by atoms with Crippen molar-refractivity contribution < 1.29 is 4.84 Å². The Morgan fingerprint density at radius 2 is 1.91 bits per heavy atom. The van der Waals surface area contributed by atoms with Crippen molar-refractivity contribution in [3.63, 3.8) is 0 Å². The first kappa shape index (κ1) is 8.91. The molecule has 1 saturated heterocycles. The second kappa shape index (κ2) is 4.00. The van der Waals surface area contributed by atoms with Gasteiger partial charge in [0.1, 0.15) is 7.11 Å². The summed E-state index contributed by atoms with van der Waals surface area (Å²) in [7, 11) is 1.62. The highest BCUT2D eigenvalue weighted by molar-refractivity contribution is 8.00. The van der Waals surface area contributed by atoms with Crippen molar-refractivity contribution in [2.45, 2.75) is 37.2 Å². The molecule has 2 unspecified atom stereocenters. The molecule has 1 rings (SSSR count). The van der Waals surface area contributed by atoms with Gasteiger partial charge >= 0.3 is 0 Å². The Hall–Kier alpha value is -0.180. The van der Waals surface area contributed by atoms with Crippen molar-refractivity contribution in [3.8, 4) is 0 Å². The zero-order chi connectivity index (χ0) is 8.27. The standard InChI is InChI=1S/C8H15NOS/c1-6-4-8(9-10-3)5-7(2)11-6/h6-7H,4-5H2,1-3H3. The maximum Gasteiger partial charge on any atom is 0.106 e. The van der Waals surface area contributed by atoms with Crippen LogP contribution >= 0.6 is 11.8 Å². The average molecular weight is 173 g/mol. The Morgan fingerprint density at radius 3 is 2.36 bits per heavy atom. The van der Waals surface area contributed by atoms with E-state index in [1.54, 1.807) is 7.11 Å². The van der Waals surface area contributed by atoms with Gasteiger partial charge in [0.2, 0.25) is 0 Å². The van der Waals surface area contributed by atoms with Crippen LogP contribution in [0.5, 0.6) is 0 Å². The van der Waals surface area contributed by atoms with E-state index in [9.17, 15) is 0 Å². The second-order valence-electron chi connectivity index (χ2n) is 3.01. The summed E-state index contributed by atoms with van der Waals surface area (Å²) in [5.41, 5.74) is 1.21. The van der Waals surface area contributed by atoms with E-state index >= 15 is 0 Å². The summed E-state index contributed by atoms with van der Waals surface area (Å²) < 4.78 is 0. The lowest BCUT2D eigenvalue weighted by molar-refractivity contribution is 0.211. The highest BCUT2D eigenvalue weighted by atomic mass is 32.2. The molecule has 64 valence electrons. The molecule has 0 N–H and O–H groups in total. The zero-order valence-electron chi connectivity index (χ0n) is 7.33. The van der Waals surface area contributed by atoms with Gasteiger partial charge in [-0.3, -0.25) is 0 Å². The van der Waals surface area contributed by atoms with Crippen LogP contribution in [0, 0.1) is 0 Å². The van der Waals surface area contributed by atoms with Gasteiger partial charge in [-0.25, -0.2) is 0 Å². The molecule has 0 spiro atoms. The molecule has 0 saturated carbocycles. The Balaban J connectivity index is 2.49. The smallest absolute Gasteiger partial charge is 0.106 e. The quantitative estimate of drug-likeness (QED) is 0.567. The van der Waals surface area contributed by atoms with Gasteiger partial charge in [0, 0.05) is 23.3 Å². The van der Waals surface area contributed by atoms with E-state index in [1.807, 2.05) is 11.8 Å². The first-order valence-electron chi connectivity index (χ1n) is 3.96. The number of rotatable bonds is 1. The van der Waals surface area contributed by atoms with Gasteiger partial charge in [-0.1, -0.05) is 19.0 Å². The summed E-state index contributed by atoms with van der Waals surface area (Å²) in [5, 5.41) is 5.39. The molecule has 3 heteroatoms. The third-order valence-corrected chi connectivity index (χ3v) is 2.99. The van der Waals surface area contributed by atoms with E-state index in [0.717, 1.165) is 12.8 Å². The molecule has 0 aromatic rings. The summed E-state index contributed by atoms with van der Waals surface area (Å²) in [6.07, 6.45) is 2.17. The third-order valence-electron chi connectivity index (χ3n) is 1.73. The van der Waals surface area contributed by atoms with Crippen molar-refractivity contribution in [3.05, 3.63) is 0 Å². The first-order valence-corrected chi connectivity index (χ1v) is 4.91. The van der Waals surface area contributed by atoms with Crippen LogP contribution in [-0.2, 0) is 4.84 Å². The molecule has 2 atom stereocenters. The largest absolute Gasteiger partial charge is 0.399 e. The zero-order valence-corrected chi connectivity index (χ0v) is 8.15. The van der Waals surface area contributed by atoms with E-state index in [-0.39, 0.29) is 0 Å². The Labute approximate surface area is 72.4 Å². The minimum atomic E-state index is 0.702. The van der Waals surface area contributed by atoms with Gasteiger partial charge in [-0.2, -0.15) is 11.8 Å². The number of thioether (sulfide) groups is 1. The Kier molecular flexibility index (Phi) is 3.24. The van der Waals surface area contributed by atoms with E-state index in [1.165, 1.54) is 5.71 Å².